The number of hydrogen-bond acceptors (Lipinski definition) is 4. The molecule has 0 radical (unpaired) electrons. The molecular weight excluding hydrogens is 284 g/mol. The van der Waals surface area contributed by atoms with E-state index in [2.05, 4.69) is 4.98 Å². The van der Waals surface area contributed by atoms with Crippen LogP contribution in [0.25, 0.3) is 0 Å². The number of ether oxygens (including phenoxy) is 1. The highest BCUT2D eigenvalue weighted by molar-refractivity contribution is 5.91. The molecule has 1 aliphatic carbocycles. The average molecular weight is 304 g/mol. The molecule has 0 bridgehead atoms. The van der Waals surface area contributed by atoms with Crippen molar-refractivity contribution in [3.63, 3.8) is 0 Å². The van der Waals surface area contributed by atoms with Gasteiger partial charge < -0.3 is 9.84 Å². The molecule has 6 heteroatoms. The lowest BCUT2D eigenvalue weighted by atomic mass is 9.74. The van der Waals surface area contributed by atoms with E-state index >= 15 is 0 Å². The number of carbonyl (C=O) groups excluding carboxylic acids is 1. The molecule has 2 fully saturated rings. The van der Waals surface area contributed by atoms with Crippen molar-refractivity contribution in [2.45, 2.75) is 50.7 Å². The van der Waals surface area contributed by atoms with Crippen molar-refractivity contribution in [1.29, 1.82) is 0 Å². The molecule has 1 saturated heterocycles. The molecule has 22 heavy (non-hydrogen) atoms. The van der Waals surface area contributed by atoms with Gasteiger partial charge in [-0.2, -0.15) is 0 Å². The summed E-state index contributed by atoms with van der Waals surface area (Å²) in [5, 5.41) is 9.15. The third kappa shape index (κ3) is 2.32. The smallest absolute Gasteiger partial charge is 0.415 e. The molecular formula is C16H20N2O4. The second-order valence-electron chi connectivity index (χ2n) is 6.05. The second-order valence-corrected chi connectivity index (χ2v) is 6.05. The summed E-state index contributed by atoms with van der Waals surface area (Å²) in [4.78, 5) is 29.3. The highest BCUT2D eigenvalue weighted by Gasteiger charge is 2.55. The fourth-order valence-corrected chi connectivity index (χ4v) is 3.78. The van der Waals surface area contributed by atoms with Crippen molar-refractivity contribution < 1.29 is 19.4 Å². The topological polar surface area (TPSA) is 79.7 Å². The van der Waals surface area contributed by atoms with E-state index in [1.807, 2.05) is 13.0 Å². The van der Waals surface area contributed by atoms with Gasteiger partial charge in [0.2, 0.25) is 0 Å². The van der Waals surface area contributed by atoms with Gasteiger partial charge in [0.25, 0.3) is 0 Å². The number of amides is 1. The van der Waals surface area contributed by atoms with Crippen molar-refractivity contribution in [3.05, 3.63) is 24.5 Å². The Morgan fingerprint density at radius 3 is 2.77 bits per heavy atom. The van der Waals surface area contributed by atoms with E-state index in [4.69, 9.17) is 9.84 Å². The number of carbonyl (C=O) groups is 2. The van der Waals surface area contributed by atoms with E-state index in [9.17, 15) is 9.59 Å². The van der Waals surface area contributed by atoms with Crippen LogP contribution in [0.5, 0.6) is 0 Å². The molecule has 1 atom stereocenters. The summed E-state index contributed by atoms with van der Waals surface area (Å²) in [7, 11) is 0. The molecule has 6 nitrogen and oxygen atoms in total. The zero-order chi connectivity index (χ0) is 15.7. The van der Waals surface area contributed by atoms with Gasteiger partial charge in [-0.25, -0.2) is 4.79 Å². The van der Waals surface area contributed by atoms with Gasteiger partial charge in [0.1, 0.15) is 5.60 Å². The first-order valence-electron chi connectivity index (χ1n) is 7.72. The van der Waals surface area contributed by atoms with Gasteiger partial charge in [0, 0.05) is 6.20 Å². The molecule has 1 aliphatic heterocycles. The maximum atomic E-state index is 12.4. The number of hydrogen-bond donors (Lipinski definition) is 1. The van der Waals surface area contributed by atoms with Gasteiger partial charge in [-0.15, -0.1) is 0 Å². The summed E-state index contributed by atoms with van der Waals surface area (Å²) >= 11 is 0. The number of pyridine rings is 1. The van der Waals surface area contributed by atoms with Crippen LogP contribution in [0.2, 0.25) is 0 Å². The molecule has 1 N–H and O–H groups in total. The van der Waals surface area contributed by atoms with Crippen LogP contribution in [0.3, 0.4) is 0 Å². The molecule has 1 amide bonds. The SMILES string of the molecule is CCC1N(c2cccnc2)C(=O)OC12CCC(C(=O)O)CC2. The van der Waals surface area contributed by atoms with Crippen LogP contribution in [-0.4, -0.2) is 33.8 Å². The molecule has 2 aliphatic rings. The van der Waals surface area contributed by atoms with Gasteiger partial charge >= 0.3 is 12.1 Å². The van der Waals surface area contributed by atoms with Crippen LogP contribution < -0.4 is 4.90 Å². The van der Waals surface area contributed by atoms with Crippen molar-refractivity contribution in [2.24, 2.45) is 5.92 Å². The maximum absolute atomic E-state index is 12.4. The third-order valence-corrected chi connectivity index (χ3v) is 4.90. The minimum atomic E-state index is -0.753. The highest BCUT2D eigenvalue weighted by Crippen LogP contribution is 2.45. The predicted octanol–water partition coefficient (Wildman–Crippen LogP) is 2.83. The van der Waals surface area contributed by atoms with Crippen LogP contribution in [0.15, 0.2) is 24.5 Å². The number of aliphatic carboxylic acids is 1. The molecule has 2 heterocycles. The van der Waals surface area contributed by atoms with Gasteiger partial charge in [0.15, 0.2) is 0 Å². The largest absolute Gasteiger partial charge is 0.481 e. The summed E-state index contributed by atoms with van der Waals surface area (Å²) in [6.45, 7) is 2.03. The summed E-state index contributed by atoms with van der Waals surface area (Å²) in [6, 6.07) is 3.57. The minimum Gasteiger partial charge on any atom is -0.481 e. The first kappa shape index (κ1) is 14.8. The average Bonchev–Trinajstić information content (AvgIpc) is 2.79. The zero-order valence-electron chi connectivity index (χ0n) is 12.6. The van der Waals surface area contributed by atoms with E-state index in [1.54, 1.807) is 23.4 Å². The van der Waals surface area contributed by atoms with E-state index in [1.165, 1.54) is 0 Å². The fraction of sp³-hybridized carbons (Fsp3) is 0.562. The van der Waals surface area contributed by atoms with Crippen LogP contribution >= 0.6 is 0 Å². The van der Waals surface area contributed by atoms with E-state index in [0.29, 0.717) is 25.7 Å². The number of carboxylic acid groups (broad SMARTS) is 1. The Labute approximate surface area is 129 Å². The summed E-state index contributed by atoms with van der Waals surface area (Å²) < 4.78 is 5.75. The number of carboxylic acids is 1. The molecule has 1 unspecified atom stereocenters. The van der Waals surface area contributed by atoms with Crippen LogP contribution in [-0.2, 0) is 9.53 Å². The predicted molar refractivity (Wildman–Crippen MR) is 79.6 cm³/mol. The Balaban J connectivity index is 1.86. The summed E-state index contributed by atoms with van der Waals surface area (Å²) in [5.41, 5.74) is 0.171. The van der Waals surface area contributed by atoms with Crippen molar-refractivity contribution in [3.8, 4) is 0 Å². The fourth-order valence-electron chi connectivity index (χ4n) is 3.78. The molecule has 1 spiro atoms. The third-order valence-electron chi connectivity index (χ3n) is 4.90. The molecule has 1 aromatic rings. The monoisotopic (exact) mass is 304 g/mol. The Kier molecular flexibility index (Phi) is 3.76. The molecule has 1 aromatic heterocycles. The zero-order valence-corrected chi connectivity index (χ0v) is 12.6. The molecule has 1 saturated carbocycles. The van der Waals surface area contributed by atoms with Gasteiger partial charge in [-0.3, -0.25) is 14.7 Å². The molecule has 118 valence electrons. The van der Waals surface area contributed by atoms with Crippen molar-refractivity contribution in [1.82, 2.24) is 4.98 Å². The summed E-state index contributed by atoms with van der Waals surface area (Å²) in [6.07, 6.45) is 6.05. The first-order valence-corrected chi connectivity index (χ1v) is 7.72. The lowest BCUT2D eigenvalue weighted by molar-refractivity contribution is -0.144. The Morgan fingerprint density at radius 1 is 1.50 bits per heavy atom. The van der Waals surface area contributed by atoms with Gasteiger partial charge in [-0.1, -0.05) is 6.92 Å². The number of anilines is 1. The summed E-state index contributed by atoms with van der Waals surface area (Å²) in [5.74, 6) is -1.08. The van der Waals surface area contributed by atoms with E-state index < -0.39 is 11.6 Å². The highest BCUT2D eigenvalue weighted by atomic mass is 16.6. The number of aromatic nitrogens is 1. The van der Waals surface area contributed by atoms with Crippen LogP contribution in [0.4, 0.5) is 10.5 Å². The number of nitrogens with zero attached hydrogens (tertiary/aromatic N) is 2. The van der Waals surface area contributed by atoms with Crippen LogP contribution in [0, 0.1) is 5.92 Å². The maximum Gasteiger partial charge on any atom is 0.415 e. The Bertz CT molecular complexity index is 567. The molecule has 0 aromatic carbocycles. The quantitative estimate of drug-likeness (QED) is 0.928. The van der Waals surface area contributed by atoms with Crippen molar-refractivity contribution >= 4 is 17.7 Å². The van der Waals surface area contributed by atoms with Gasteiger partial charge in [-0.05, 0) is 44.2 Å². The lowest BCUT2D eigenvalue weighted by Crippen LogP contribution is -2.48. The Morgan fingerprint density at radius 2 is 2.23 bits per heavy atom. The van der Waals surface area contributed by atoms with E-state index in [-0.39, 0.29) is 18.1 Å². The second kappa shape index (κ2) is 5.59. The normalized spacial score (nSPS) is 31.3. The van der Waals surface area contributed by atoms with Crippen LogP contribution in [0.1, 0.15) is 39.0 Å². The lowest BCUT2D eigenvalue weighted by Gasteiger charge is -2.38. The standard InChI is InChI=1S/C16H20N2O4/c1-2-13-16(7-5-11(6-8-16)14(19)20)22-15(21)18(13)12-4-3-9-17-10-12/h3-4,9-11,13H,2,5-8H2,1H3,(H,19,20). The van der Waals surface area contributed by atoms with Crippen molar-refractivity contribution in [2.75, 3.05) is 4.90 Å². The Hall–Kier alpha value is -2.11. The van der Waals surface area contributed by atoms with E-state index in [0.717, 1.165) is 12.1 Å². The van der Waals surface area contributed by atoms with Gasteiger partial charge in [0.05, 0.1) is 23.8 Å². The number of rotatable bonds is 3. The molecule has 3 rings (SSSR count). The first-order chi connectivity index (χ1) is 10.6. The minimum absolute atomic E-state index is 0.0704.